The topological polar surface area (TPSA) is 92.3 Å². The maximum absolute atomic E-state index is 11.5. The molecule has 3 aromatic carbocycles. The van der Waals surface area contributed by atoms with Crippen molar-refractivity contribution in [1.82, 2.24) is 14.8 Å². The second-order valence-corrected chi connectivity index (χ2v) is 9.97. The van der Waals surface area contributed by atoms with Crippen LogP contribution in [-0.2, 0) is 6.61 Å². The van der Waals surface area contributed by atoms with Crippen molar-refractivity contribution in [2.24, 2.45) is 0 Å². The molecule has 0 saturated carbocycles. The van der Waals surface area contributed by atoms with Crippen LogP contribution in [-0.4, -0.2) is 32.8 Å². The van der Waals surface area contributed by atoms with Crippen molar-refractivity contribution >= 4 is 35.0 Å². The van der Waals surface area contributed by atoms with E-state index in [1.807, 2.05) is 60.9 Å². The Morgan fingerprint density at radius 1 is 1.03 bits per heavy atom. The maximum Gasteiger partial charge on any atom is 0.220 e. The maximum atomic E-state index is 11.5. The summed E-state index contributed by atoms with van der Waals surface area (Å²) in [5, 5.41) is 21.0. The Kier molecular flexibility index (Phi) is 8.91. The number of ether oxygens (including phenoxy) is 2. The molecule has 1 aromatic heterocycles. The second-order valence-electron chi connectivity index (χ2n) is 7.98. The van der Waals surface area contributed by atoms with E-state index in [4.69, 9.17) is 32.7 Å². The molecule has 0 aliphatic heterocycles. The van der Waals surface area contributed by atoms with Crippen molar-refractivity contribution in [3.8, 4) is 17.2 Å². The van der Waals surface area contributed by atoms with Gasteiger partial charge in [-0.3, -0.25) is 14.7 Å². The molecule has 0 aliphatic rings. The van der Waals surface area contributed by atoms with Gasteiger partial charge < -0.3 is 9.47 Å². The predicted octanol–water partition coefficient (Wildman–Crippen LogP) is 6.97. The summed E-state index contributed by atoms with van der Waals surface area (Å²) in [7, 11) is 0. The number of nitrogens with zero attached hydrogens (tertiary/aromatic N) is 4. The third-order valence-corrected chi connectivity index (χ3v) is 7.28. The Morgan fingerprint density at radius 3 is 2.46 bits per heavy atom. The standard InChI is InChI=1S/C26H24Cl2N4O4S/c1-3-35-21-11-9-20(10-12-21)32-17(2)29-30-26(32)37-25(15-31(33)34)18-8-13-24(23(28)14-18)36-16-19-6-4-5-7-22(19)27/h4-14,25H,3,15-16H2,1-2H3/t25-/m1/s1. The zero-order valence-electron chi connectivity index (χ0n) is 20.1. The summed E-state index contributed by atoms with van der Waals surface area (Å²) in [6.07, 6.45) is 0. The van der Waals surface area contributed by atoms with Gasteiger partial charge in [0.05, 0.1) is 11.6 Å². The summed E-state index contributed by atoms with van der Waals surface area (Å²) >= 11 is 14.0. The SMILES string of the molecule is CCOc1ccc(-n2c(C)nnc2S[C@H](C[N+](=O)[O-])c2ccc(OCc3ccccc3Cl)c(Cl)c2)cc1. The normalized spacial score (nSPS) is 11.8. The van der Waals surface area contributed by atoms with Gasteiger partial charge in [-0.2, -0.15) is 0 Å². The second kappa shape index (κ2) is 12.3. The lowest BCUT2D eigenvalue weighted by Crippen LogP contribution is -2.11. The summed E-state index contributed by atoms with van der Waals surface area (Å²) in [5.74, 6) is 1.88. The van der Waals surface area contributed by atoms with Gasteiger partial charge in [0, 0.05) is 21.2 Å². The molecule has 37 heavy (non-hydrogen) atoms. The molecule has 4 aromatic rings. The Morgan fingerprint density at radius 2 is 1.78 bits per heavy atom. The quantitative estimate of drug-likeness (QED) is 0.111. The molecular weight excluding hydrogens is 535 g/mol. The van der Waals surface area contributed by atoms with E-state index in [2.05, 4.69) is 10.2 Å². The third-order valence-electron chi connectivity index (χ3n) is 5.43. The van der Waals surface area contributed by atoms with Crippen LogP contribution in [0.25, 0.3) is 5.69 Å². The van der Waals surface area contributed by atoms with Gasteiger partial charge in [0.1, 0.15) is 29.2 Å². The predicted molar refractivity (Wildman–Crippen MR) is 145 cm³/mol. The highest BCUT2D eigenvalue weighted by atomic mass is 35.5. The molecule has 0 radical (unpaired) electrons. The lowest BCUT2D eigenvalue weighted by atomic mass is 10.1. The molecule has 11 heteroatoms. The van der Waals surface area contributed by atoms with Crippen LogP contribution in [0.3, 0.4) is 0 Å². The molecule has 0 amide bonds. The molecule has 1 atom stereocenters. The van der Waals surface area contributed by atoms with Gasteiger partial charge in [-0.05, 0) is 61.9 Å². The highest BCUT2D eigenvalue weighted by molar-refractivity contribution is 7.99. The van der Waals surface area contributed by atoms with Gasteiger partial charge in [0.2, 0.25) is 6.54 Å². The Balaban J connectivity index is 1.56. The van der Waals surface area contributed by atoms with E-state index in [-0.39, 0.29) is 18.1 Å². The summed E-state index contributed by atoms with van der Waals surface area (Å²) in [6.45, 7) is 4.25. The van der Waals surface area contributed by atoms with Gasteiger partial charge in [-0.25, -0.2) is 0 Å². The van der Waals surface area contributed by atoms with E-state index < -0.39 is 5.25 Å². The first-order chi connectivity index (χ1) is 17.9. The van der Waals surface area contributed by atoms with E-state index in [1.165, 1.54) is 11.8 Å². The molecule has 0 saturated heterocycles. The molecule has 0 aliphatic carbocycles. The van der Waals surface area contributed by atoms with Crippen molar-refractivity contribution in [3.05, 3.63) is 104 Å². The summed E-state index contributed by atoms with van der Waals surface area (Å²) < 4.78 is 13.2. The lowest BCUT2D eigenvalue weighted by molar-refractivity contribution is -0.479. The number of thioether (sulfide) groups is 1. The van der Waals surface area contributed by atoms with Crippen LogP contribution in [0.4, 0.5) is 0 Å². The third kappa shape index (κ3) is 6.74. The van der Waals surface area contributed by atoms with Crippen LogP contribution in [0.2, 0.25) is 10.0 Å². The summed E-state index contributed by atoms with van der Waals surface area (Å²) in [6, 6.07) is 20.1. The lowest BCUT2D eigenvalue weighted by Gasteiger charge is -2.16. The van der Waals surface area contributed by atoms with Gasteiger partial charge in [-0.15, -0.1) is 10.2 Å². The van der Waals surface area contributed by atoms with E-state index >= 15 is 0 Å². The van der Waals surface area contributed by atoms with Crippen LogP contribution < -0.4 is 9.47 Å². The number of hydrogen-bond donors (Lipinski definition) is 0. The molecular formula is C26H24Cl2N4O4S. The number of benzene rings is 3. The Labute approximate surface area is 228 Å². The Hall–Kier alpha value is -3.27. The minimum absolute atomic E-state index is 0.246. The molecule has 0 bridgehead atoms. The highest BCUT2D eigenvalue weighted by Crippen LogP contribution is 2.39. The molecule has 0 N–H and O–H groups in total. The minimum atomic E-state index is -0.560. The average Bonchev–Trinajstić information content (AvgIpc) is 3.24. The molecule has 192 valence electrons. The van der Waals surface area contributed by atoms with Gasteiger partial charge in [0.25, 0.3) is 0 Å². The molecule has 1 heterocycles. The van der Waals surface area contributed by atoms with Crippen molar-refractivity contribution in [1.29, 1.82) is 0 Å². The summed E-state index contributed by atoms with van der Waals surface area (Å²) in [4.78, 5) is 11.2. The fourth-order valence-corrected chi connectivity index (χ4v) is 5.25. The van der Waals surface area contributed by atoms with Crippen LogP contribution in [0.1, 0.15) is 29.1 Å². The Bertz CT molecular complexity index is 1380. The van der Waals surface area contributed by atoms with E-state index in [9.17, 15) is 10.1 Å². The van der Waals surface area contributed by atoms with Gasteiger partial charge in [-0.1, -0.05) is 59.2 Å². The smallest absolute Gasteiger partial charge is 0.220 e. The summed E-state index contributed by atoms with van der Waals surface area (Å²) in [5.41, 5.74) is 2.33. The first-order valence-corrected chi connectivity index (χ1v) is 13.1. The fourth-order valence-electron chi connectivity index (χ4n) is 3.65. The number of rotatable bonds is 11. The zero-order chi connectivity index (χ0) is 26.4. The minimum Gasteiger partial charge on any atom is -0.494 e. The monoisotopic (exact) mass is 558 g/mol. The van der Waals surface area contributed by atoms with Crippen molar-refractivity contribution in [3.63, 3.8) is 0 Å². The van der Waals surface area contributed by atoms with Crippen LogP contribution >= 0.6 is 35.0 Å². The molecule has 0 spiro atoms. The number of aryl methyl sites for hydroxylation is 1. The van der Waals surface area contributed by atoms with E-state index in [0.29, 0.717) is 38.9 Å². The van der Waals surface area contributed by atoms with Gasteiger partial charge in [0.15, 0.2) is 5.16 Å². The molecule has 0 fully saturated rings. The first kappa shape index (κ1) is 26.8. The first-order valence-electron chi connectivity index (χ1n) is 11.4. The number of nitro groups is 1. The molecule has 4 rings (SSSR count). The van der Waals surface area contributed by atoms with Crippen LogP contribution in [0.5, 0.6) is 11.5 Å². The fraction of sp³-hybridized carbons (Fsp3) is 0.231. The number of aromatic nitrogens is 3. The average molecular weight is 559 g/mol. The molecule has 0 unspecified atom stereocenters. The van der Waals surface area contributed by atoms with E-state index in [0.717, 1.165) is 17.0 Å². The van der Waals surface area contributed by atoms with Crippen LogP contribution in [0.15, 0.2) is 71.9 Å². The highest BCUT2D eigenvalue weighted by Gasteiger charge is 2.24. The van der Waals surface area contributed by atoms with E-state index in [1.54, 1.807) is 24.3 Å². The van der Waals surface area contributed by atoms with Crippen LogP contribution in [0, 0.1) is 17.0 Å². The largest absolute Gasteiger partial charge is 0.494 e. The van der Waals surface area contributed by atoms with Gasteiger partial charge >= 0.3 is 0 Å². The molecule has 8 nitrogen and oxygen atoms in total. The van der Waals surface area contributed by atoms with Crippen molar-refractivity contribution in [2.45, 2.75) is 30.9 Å². The number of halogens is 2. The van der Waals surface area contributed by atoms with Crippen molar-refractivity contribution in [2.75, 3.05) is 13.2 Å². The van der Waals surface area contributed by atoms with Crippen molar-refractivity contribution < 1.29 is 14.4 Å². The number of hydrogen-bond acceptors (Lipinski definition) is 7. The zero-order valence-corrected chi connectivity index (χ0v) is 22.5.